The molecule has 0 unspecified atom stereocenters. The lowest BCUT2D eigenvalue weighted by Gasteiger charge is -2.17. The van der Waals surface area contributed by atoms with Crippen molar-refractivity contribution in [2.45, 2.75) is 26.1 Å². The Labute approximate surface area is 148 Å². The highest BCUT2D eigenvalue weighted by atomic mass is 19.4. The van der Waals surface area contributed by atoms with Gasteiger partial charge in [0.2, 0.25) is 0 Å². The fraction of sp³-hybridized carbons (Fsp3) is 0.211. The third-order valence-corrected chi connectivity index (χ3v) is 4.09. The number of carbonyl (C=O) groups excluding carboxylic acids is 1. The number of nitrogens with zero attached hydrogens (tertiary/aromatic N) is 2. The molecule has 7 heteroatoms. The average Bonchev–Trinajstić information content (AvgIpc) is 2.60. The number of aryl methyl sites for hydroxylation is 1. The lowest BCUT2D eigenvalue weighted by Crippen LogP contribution is -2.27. The molecule has 0 fully saturated rings. The largest absolute Gasteiger partial charge is 0.416 e. The van der Waals surface area contributed by atoms with Gasteiger partial charge in [-0.25, -0.2) is 9.97 Å². The third kappa shape index (κ3) is 3.66. The Morgan fingerprint density at radius 2 is 1.92 bits per heavy atom. The minimum Gasteiger partial charge on any atom is -0.345 e. The summed E-state index contributed by atoms with van der Waals surface area (Å²) >= 11 is 0. The van der Waals surface area contributed by atoms with Crippen LogP contribution in [0, 0.1) is 6.92 Å². The first-order valence-corrected chi connectivity index (χ1v) is 7.96. The van der Waals surface area contributed by atoms with Crippen LogP contribution in [-0.2, 0) is 6.18 Å². The maximum absolute atomic E-state index is 12.9. The second kappa shape index (κ2) is 6.74. The van der Waals surface area contributed by atoms with Crippen LogP contribution < -0.4 is 5.32 Å². The Morgan fingerprint density at radius 1 is 1.15 bits per heavy atom. The summed E-state index contributed by atoms with van der Waals surface area (Å²) in [4.78, 5) is 21.0. The first kappa shape index (κ1) is 17.8. The smallest absolute Gasteiger partial charge is 0.345 e. The van der Waals surface area contributed by atoms with Crippen LogP contribution in [0.5, 0.6) is 0 Å². The van der Waals surface area contributed by atoms with Gasteiger partial charge in [0.05, 0.1) is 22.9 Å². The van der Waals surface area contributed by atoms with Gasteiger partial charge in [-0.1, -0.05) is 12.1 Å². The summed E-state index contributed by atoms with van der Waals surface area (Å²) in [6.45, 7) is 3.33. The highest BCUT2D eigenvalue weighted by Crippen LogP contribution is 2.30. The summed E-state index contributed by atoms with van der Waals surface area (Å²) in [7, 11) is 0. The SMILES string of the molecule is Cc1nc2ncccc2cc1C(=O)N[C@H](C)c1cccc(C(F)(F)F)c1. The maximum Gasteiger partial charge on any atom is 0.416 e. The van der Waals surface area contributed by atoms with Crippen molar-refractivity contribution in [2.75, 3.05) is 0 Å². The van der Waals surface area contributed by atoms with E-state index in [-0.39, 0.29) is 0 Å². The molecule has 26 heavy (non-hydrogen) atoms. The Balaban J connectivity index is 1.85. The normalized spacial score (nSPS) is 12.8. The number of rotatable bonds is 3. The number of benzene rings is 1. The molecular weight excluding hydrogens is 343 g/mol. The lowest BCUT2D eigenvalue weighted by molar-refractivity contribution is -0.137. The number of amides is 1. The van der Waals surface area contributed by atoms with Crippen molar-refractivity contribution in [2.24, 2.45) is 0 Å². The Morgan fingerprint density at radius 3 is 2.65 bits per heavy atom. The number of hydrogen-bond donors (Lipinski definition) is 1. The van der Waals surface area contributed by atoms with Gasteiger partial charge in [-0.05, 0) is 49.7 Å². The molecule has 3 rings (SSSR count). The van der Waals surface area contributed by atoms with E-state index in [9.17, 15) is 18.0 Å². The van der Waals surface area contributed by atoms with E-state index in [1.807, 2.05) is 0 Å². The second-order valence-electron chi connectivity index (χ2n) is 5.99. The van der Waals surface area contributed by atoms with Crippen molar-refractivity contribution in [3.05, 3.63) is 71.0 Å². The molecule has 0 spiro atoms. The molecule has 0 aliphatic carbocycles. The zero-order valence-corrected chi connectivity index (χ0v) is 14.1. The predicted octanol–water partition coefficient (Wildman–Crippen LogP) is 4.45. The molecule has 1 amide bonds. The molecule has 134 valence electrons. The highest BCUT2D eigenvalue weighted by molar-refractivity contribution is 5.98. The number of alkyl halides is 3. The molecule has 2 aromatic heterocycles. The standard InChI is InChI=1S/C19H16F3N3O/c1-11(13-5-3-7-15(9-13)19(20,21)22)25-18(26)16-10-14-6-4-8-23-17(14)24-12(16)2/h3-11H,1-2H3,(H,25,26)/t11-/m1/s1. The van der Waals surface area contributed by atoms with Gasteiger partial charge in [0, 0.05) is 11.6 Å². The van der Waals surface area contributed by atoms with Crippen LogP contribution in [0.15, 0.2) is 48.7 Å². The fourth-order valence-corrected chi connectivity index (χ4v) is 2.67. The van der Waals surface area contributed by atoms with Gasteiger partial charge in [0.15, 0.2) is 5.65 Å². The lowest BCUT2D eigenvalue weighted by atomic mass is 10.0. The van der Waals surface area contributed by atoms with Gasteiger partial charge in [-0.3, -0.25) is 4.79 Å². The van der Waals surface area contributed by atoms with E-state index in [0.29, 0.717) is 22.5 Å². The monoisotopic (exact) mass is 359 g/mol. The Bertz CT molecular complexity index is 970. The van der Waals surface area contributed by atoms with E-state index in [0.717, 1.165) is 17.5 Å². The molecule has 0 aliphatic heterocycles. The zero-order valence-electron chi connectivity index (χ0n) is 14.1. The minimum absolute atomic E-state index is 0.365. The van der Waals surface area contributed by atoms with Gasteiger partial charge < -0.3 is 5.32 Å². The zero-order chi connectivity index (χ0) is 18.9. The van der Waals surface area contributed by atoms with Gasteiger partial charge in [-0.2, -0.15) is 13.2 Å². The third-order valence-electron chi connectivity index (χ3n) is 4.09. The molecule has 1 N–H and O–H groups in total. The Kier molecular flexibility index (Phi) is 4.63. The summed E-state index contributed by atoms with van der Waals surface area (Å²) in [6, 6.07) is 9.55. The van der Waals surface area contributed by atoms with Gasteiger partial charge in [-0.15, -0.1) is 0 Å². The Hall–Kier alpha value is -2.96. The number of halogens is 3. The molecule has 0 aliphatic rings. The van der Waals surface area contributed by atoms with E-state index < -0.39 is 23.7 Å². The van der Waals surface area contributed by atoms with Crippen molar-refractivity contribution in [1.29, 1.82) is 0 Å². The minimum atomic E-state index is -4.43. The number of aromatic nitrogens is 2. The molecular formula is C19H16F3N3O. The van der Waals surface area contributed by atoms with Crippen molar-refractivity contribution in [1.82, 2.24) is 15.3 Å². The van der Waals surface area contributed by atoms with Crippen LogP contribution in [0.2, 0.25) is 0 Å². The summed E-state index contributed by atoms with van der Waals surface area (Å²) < 4.78 is 38.6. The van der Waals surface area contributed by atoms with Crippen molar-refractivity contribution in [3.8, 4) is 0 Å². The van der Waals surface area contributed by atoms with Crippen molar-refractivity contribution >= 4 is 16.9 Å². The van der Waals surface area contributed by atoms with E-state index in [4.69, 9.17) is 0 Å². The maximum atomic E-state index is 12.9. The van der Waals surface area contributed by atoms with Gasteiger partial charge >= 0.3 is 6.18 Å². The molecule has 2 heterocycles. The van der Waals surface area contributed by atoms with Gasteiger partial charge in [0.1, 0.15) is 0 Å². The topological polar surface area (TPSA) is 54.9 Å². The van der Waals surface area contributed by atoms with Crippen molar-refractivity contribution < 1.29 is 18.0 Å². The van der Waals surface area contributed by atoms with E-state index in [1.54, 1.807) is 44.3 Å². The molecule has 3 aromatic rings. The van der Waals surface area contributed by atoms with Gasteiger partial charge in [0.25, 0.3) is 5.91 Å². The second-order valence-corrected chi connectivity index (χ2v) is 5.99. The summed E-state index contributed by atoms with van der Waals surface area (Å²) in [6.07, 6.45) is -2.81. The van der Waals surface area contributed by atoms with E-state index in [2.05, 4.69) is 15.3 Å². The molecule has 0 saturated heterocycles. The summed E-state index contributed by atoms with van der Waals surface area (Å²) in [5, 5.41) is 3.45. The molecule has 0 saturated carbocycles. The molecule has 0 bridgehead atoms. The average molecular weight is 359 g/mol. The van der Waals surface area contributed by atoms with E-state index in [1.165, 1.54) is 6.07 Å². The number of nitrogens with one attached hydrogen (secondary N) is 1. The molecule has 1 aromatic carbocycles. The summed E-state index contributed by atoms with van der Waals surface area (Å²) in [5.74, 6) is -0.398. The highest BCUT2D eigenvalue weighted by Gasteiger charge is 2.30. The van der Waals surface area contributed by atoms with Crippen LogP contribution in [0.4, 0.5) is 13.2 Å². The van der Waals surface area contributed by atoms with Crippen molar-refractivity contribution in [3.63, 3.8) is 0 Å². The number of hydrogen-bond acceptors (Lipinski definition) is 3. The number of carbonyl (C=O) groups is 1. The van der Waals surface area contributed by atoms with Crippen LogP contribution in [0.3, 0.4) is 0 Å². The number of pyridine rings is 2. The van der Waals surface area contributed by atoms with Crippen LogP contribution in [-0.4, -0.2) is 15.9 Å². The fourth-order valence-electron chi connectivity index (χ4n) is 2.67. The van der Waals surface area contributed by atoms with Crippen LogP contribution in [0.1, 0.15) is 40.1 Å². The molecule has 1 atom stereocenters. The van der Waals surface area contributed by atoms with Crippen LogP contribution >= 0.6 is 0 Å². The number of fused-ring (bicyclic) bond motifs is 1. The quantitative estimate of drug-likeness (QED) is 0.752. The summed E-state index contributed by atoms with van der Waals surface area (Å²) in [5.41, 5.74) is 1.04. The first-order chi connectivity index (χ1) is 12.3. The molecule has 0 radical (unpaired) electrons. The van der Waals surface area contributed by atoms with E-state index >= 15 is 0 Å². The first-order valence-electron chi connectivity index (χ1n) is 7.96. The van der Waals surface area contributed by atoms with Crippen LogP contribution in [0.25, 0.3) is 11.0 Å². The molecule has 4 nitrogen and oxygen atoms in total. The predicted molar refractivity (Wildman–Crippen MR) is 91.6 cm³/mol.